The zero-order chi connectivity index (χ0) is 9.42. The Bertz CT molecular complexity index is 445. The molecule has 0 nitrogen and oxygen atoms in total. The molecular weight excluding hydrogens is 264 g/mol. The number of thiophene rings is 1. The molecule has 0 N–H and O–H groups in total. The molecule has 1 aromatic carbocycles. The monoisotopic (exact) mass is 272 g/mol. The van der Waals surface area contributed by atoms with Crippen LogP contribution in [0.2, 0.25) is 0 Å². The van der Waals surface area contributed by atoms with E-state index in [-0.39, 0.29) is 0 Å². The van der Waals surface area contributed by atoms with Gasteiger partial charge in [-0.3, -0.25) is 0 Å². The number of hydrogen-bond acceptors (Lipinski definition) is 2. The molecule has 0 amide bonds. The van der Waals surface area contributed by atoms with Gasteiger partial charge in [-0.05, 0) is 40.5 Å². The van der Waals surface area contributed by atoms with Crippen molar-refractivity contribution >= 4 is 50.0 Å². The highest BCUT2D eigenvalue weighted by molar-refractivity contribution is 9.10. The van der Waals surface area contributed by atoms with E-state index in [1.54, 1.807) is 0 Å². The highest BCUT2D eigenvalue weighted by Gasteiger charge is 2.05. The van der Waals surface area contributed by atoms with Gasteiger partial charge in [0.2, 0.25) is 0 Å². The van der Waals surface area contributed by atoms with Crippen molar-refractivity contribution in [3.8, 4) is 0 Å². The second-order valence-corrected chi connectivity index (χ2v) is 5.32. The van der Waals surface area contributed by atoms with Crippen LogP contribution in [0.3, 0.4) is 0 Å². The Morgan fingerprint density at radius 2 is 2.23 bits per heavy atom. The molecule has 0 saturated carbocycles. The van der Waals surface area contributed by atoms with Gasteiger partial charge in [-0.1, -0.05) is 6.92 Å². The molecule has 0 spiro atoms. The molecule has 0 unspecified atom stereocenters. The normalized spacial score (nSPS) is 11.0. The fourth-order valence-corrected chi connectivity index (χ4v) is 3.09. The molecule has 0 aliphatic carbocycles. The number of rotatable bonds is 1. The smallest absolute Gasteiger partial charge is 0.0395 e. The number of aryl methyl sites for hydroxylation is 1. The summed E-state index contributed by atoms with van der Waals surface area (Å²) in [5, 5.41) is 1.29. The number of fused-ring (bicyclic) bond motifs is 1. The lowest BCUT2D eigenvalue weighted by molar-refractivity contribution is 1.19. The molecule has 0 bridgehead atoms. The second-order valence-electron chi connectivity index (χ2n) is 2.88. The van der Waals surface area contributed by atoms with Gasteiger partial charge in [0, 0.05) is 24.3 Å². The maximum atomic E-state index is 4.37. The molecule has 68 valence electrons. The van der Waals surface area contributed by atoms with E-state index in [2.05, 4.69) is 47.6 Å². The van der Waals surface area contributed by atoms with Crippen molar-refractivity contribution < 1.29 is 0 Å². The predicted octanol–water partition coefficient (Wildman–Crippen LogP) is 4.51. The summed E-state index contributed by atoms with van der Waals surface area (Å²) in [5.41, 5.74) is 0. The first kappa shape index (κ1) is 9.56. The molecule has 0 aliphatic heterocycles. The maximum absolute atomic E-state index is 4.37. The summed E-state index contributed by atoms with van der Waals surface area (Å²) in [6.07, 6.45) is 1.10. The van der Waals surface area contributed by atoms with Crippen LogP contribution in [0.25, 0.3) is 10.1 Å². The molecule has 2 rings (SSSR count). The van der Waals surface area contributed by atoms with Crippen LogP contribution in [-0.2, 0) is 6.42 Å². The highest BCUT2D eigenvalue weighted by Crippen LogP contribution is 2.35. The predicted molar refractivity (Wildman–Crippen MR) is 66.2 cm³/mol. The number of halogens is 1. The molecule has 0 fully saturated rings. The van der Waals surface area contributed by atoms with Crippen molar-refractivity contribution in [1.29, 1.82) is 0 Å². The standard InChI is InChI=1S/C10H9BrS2/c1-2-6-5-7-9(13-6)4-3-8(12)10(7)11/h3-5,12H,2H2,1H3. The molecular formula is C10H9BrS2. The SMILES string of the molecule is CCc1cc2c(Br)c(S)ccc2s1. The van der Waals surface area contributed by atoms with Gasteiger partial charge in [-0.2, -0.15) is 0 Å². The summed E-state index contributed by atoms with van der Waals surface area (Å²) in [6, 6.07) is 6.40. The summed E-state index contributed by atoms with van der Waals surface area (Å²) < 4.78 is 2.45. The molecule has 13 heavy (non-hydrogen) atoms. The summed E-state index contributed by atoms with van der Waals surface area (Å²) in [4.78, 5) is 2.43. The van der Waals surface area contributed by atoms with E-state index in [9.17, 15) is 0 Å². The molecule has 0 radical (unpaired) electrons. The third-order valence-corrected chi connectivity index (χ3v) is 4.79. The molecule has 0 atom stereocenters. The van der Waals surface area contributed by atoms with Crippen LogP contribution in [-0.4, -0.2) is 0 Å². The first-order valence-electron chi connectivity index (χ1n) is 4.12. The zero-order valence-electron chi connectivity index (χ0n) is 7.17. The van der Waals surface area contributed by atoms with Gasteiger partial charge >= 0.3 is 0 Å². The lowest BCUT2D eigenvalue weighted by atomic mass is 10.2. The van der Waals surface area contributed by atoms with E-state index >= 15 is 0 Å². The van der Waals surface area contributed by atoms with Crippen LogP contribution in [0.4, 0.5) is 0 Å². The average Bonchev–Trinajstić information content (AvgIpc) is 2.55. The lowest BCUT2D eigenvalue weighted by Gasteiger charge is -1.96. The van der Waals surface area contributed by atoms with Crippen molar-refractivity contribution in [2.45, 2.75) is 18.2 Å². The second kappa shape index (κ2) is 3.64. The Morgan fingerprint density at radius 1 is 1.46 bits per heavy atom. The van der Waals surface area contributed by atoms with Gasteiger partial charge in [-0.15, -0.1) is 24.0 Å². The Morgan fingerprint density at radius 3 is 2.92 bits per heavy atom. The summed E-state index contributed by atoms with van der Waals surface area (Å²) in [6.45, 7) is 2.18. The maximum Gasteiger partial charge on any atom is 0.0395 e. The Kier molecular flexibility index (Phi) is 2.67. The van der Waals surface area contributed by atoms with Crippen LogP contribution >= 0.6 is 39.9 Å². The molecule has 1 heterocycles. The first-order valence-corrected chi connectivity index (χ1v) is 6.18. The van der Waals surface area contributed by atoms with Crippen molar-refractivity contribution in [3.05, 3.63) is 27.5 Å². The van der Waals surface area contributed by atoms with Crippen LogP contribution in [0, 0.1) is 0 Å². The van der Waals surface area contributed by atoms with Crippen LogP contribution in [0.15, 0.2) is 27.6 Å². The largest absolute Gasteiger partial charge is 0.142 e. The van der Waals surface area contributed by atoms with Crippen molar-refractivity contribution in [3.63, 3.8) is 0 Å². The van der Waals surface area contributed by atoms with E-state index < -0.39 is 0 Å². The molecule has 3 heteroatoms. The fraction of sp³-hybridized carbons (Fsp3) is 0.200. The van der Waals surface area contributed by atoms with Crippen LogP contribution in [0.1, 0.15) is 11.8 Å². The Hall–Kier alpha value is 0.01000. The molecule has 1 aromatic heterocycles. The number of thiol groups is 1. The quantitative estimate of drug-likeness (QED) is 0.726. The van der Waals surface area contributed by atoms with E-state index in [0.29, 0.717) is 0 Å². The zero-order valence-corrected chi connectivity index (χ0v) is 10.5. The fourth-order valence-electron chi connectivity index (χ4n) is 1.29. The van der Waals surface area contributed by atoms with Crippen molar-refractivity contribution in [2.24, 2.45) is 0 Å². The van der Waals surface area contributed by atoms with Crippen molar-refractivity contribution in [2.75, 3.05) is 0 Å². The topological polar surface area (TPSA) is 0 Å². The van der Waals surface area contributed by atoms with E-state index in [1.807, 2.05) is 17.4 Å². The Labute approximate surface area is 95.5 Å². The lowest BCUT2D eigenvalue weighted by Crippen LogP contribution is -1.70. The summed E-state index contributed by atoms with van der Waals surface area (Å²) >= 11 is 9.78. The van der Waals surface area contributed by atoms with Gasteiger partial charge in [-0.25, -0.2) is 0 Å². The van der Waals surface area contributed by atoms with Crippen LogP contribution in [0.5, 0.6) is 0 Å². The van der Waals surface area contributed by atoms with Gasteiger partial charge in [0.1, 0.15) is 0 Å². The highest BCUT2D eigenvalue weighted by atomic mass is 79.9. The third-order valence-electron chi connectivity index (χ3n) is 2.01. The van der Waals surface area contributed by atoms with Gasteiger partial charge in [0.15, 0.2) is 0 Å². The third kappa shape index (κ3) is 1.65. The first-order chi connectivity index (χ1) is 6.22. The average molecular weight is 273 g/mol. The summed E-state index contributed by atoms with van der Waals surface area (Å²) in [5.74, 6) is 0. The van der Waals surface area contributed by atoms with E-state index in [0.717, 1.165) is 15.8 Å². The van der Waals surface area contributed by atoms with Crippen molar-refractivity contribution in [1.82, 2.24) is 0 Å². The minimum atomic E-state index is 1.01. The van der Waals surface area contributed by atoms with Crippen LogP contribution < -0.4 is 0 Å². The van der Waals surface area contributed by atoms with E-state index in [4.69, 9.17) is 0 Å². The molecule has 0 aliphatic rings. The minimum Gasteiger partial charge on any atom is -0.142 e. The van der Waals surface area contributed by atoms with Gasteiger partial charge in [0.25, 0.3) is 0 Å². The van der Waals surface area contributed by atoms with Gasteiger partial charge < -0.3 is 0 Å². The molecule has 2 aromatic rings. The van der Waals surface area contributed by atoms with Gasteiger partial charge in [0.05, 0.1) is 0 Å². The number of benzene rings is 1. The minimum absolute atomic E-state index is 1.01. The number of hydrogen-bond donors (Lipinski definition) is 1. The molecule has 0 saturated heterocycles. The Balaban J connectivity index is 2.76. The van der Waals surface area contributed by atoms with E-state index in [1.165, 1.54) is 15.0 Å². The summed E-state index contributed by atoms with van der Waals surface area (Å²) in [7, 11) is 0.